The molecule has 2 rings (SSSR count). The van der Waals surface area contributed by atoms with Gasteiger partial charge in [-0.1, -0.05) is 5.16 Å². The number of amides is 1. The number of carbonyl (C=O) groups excluding carboxylic acids is 1. The van der Waals surface area contributed by atoms with Gasteiger partial charge in [0, 0.05) is 20.2 Å². The van der Waals surface area contributed by atoms with Gasteiger partial charge in [-0.2, -0.15) is 5.10 Å². The summed E-state index contributed by atoms with van der Waals surface area (Å²) in [5.74, 6) is 0.859. The lowest BCUT2D eigenvalue weighted by molar-refractivity contribution is 0.0770. The van der Waals surface area contributed by atoms with Crippen LogP contribution >= 0.6 is 0 Å². The summed E-state index contributed by atoms with van der Waals surface area (Å²) in [6, 6.07) is 1.56. The standard InChI is InChI=1S/C10H13N5O3/c1-15(4-9-11-6-12-13-9)10(16)8-3-7(5-17-2)18-14-8/h3,6H,4-5H2,1-2H3,(H,11,12,13). The van der Waals surface area contributed by atoms with E-state index < -0.39 is 0 Å². The van der Waals surface area contributed by atoms with Crippen LogP contribution in [0.15, 0.2) is 16.9 Å². The molecule has 0 unspecified atom stereocenters. The van der Waals surface area contributed by atoms with Gasteiger partial charge in [-0.05, 0) is 0 Å². The van der Waals surface area contributed by atoms with Gasteiger partial charge in [0.15, 0.2) is 11.5 Å². The van der Waals surface area contributed by atoms with E-state index in [1.807, 2.05) is 0 Å². The van der Waals surface area contributed by atoms with Crippen molar-refractivity contribution in [1.29, 1.82) is 0 Å². The average Bonchev–Trinajstić information content (AvgIpc) is 3.00. The molecule has 0 spiro atoms. The van der Waals surface area contributed by atoms with Gasteiger partial charge < -0.3 is 14.2 Å². The Bertz CT molecular complexity index is 507. The van der Waals surface area contributed by atoms with Crippen LogP contribution in [0.5, 0.6) is 0 Å². The molecule has 2 heterocycles. The Balaban J connectivity index is 2.01. The van der Waals surface area contributed by atoms with Gasteiger partial charge in [0.05, 0.1) is 6.54 Å². The van der Waals surface area contributed by atoms with Gasteiger partial charge in [-0.25, -0.2) is 4.98 Å². The van der Waals surface area contributed by atoms with Crippen molar-refractivity contribution in [3.8, 4) is 0 Å². The molecule has 0 aliphatic heterocycles. The second kappa shape index (κ2) is 5.41. The Morgan fingerprint density at radius 1 is 1.61 bits per heavy atom. The van der Waals surface area contributed by atoms with E-state index in [-0.39, 0.29) is 18.2 Å². The third kappa shape index (κ3) is 2.72. The molecule has 18 heavy (non-hydrogen) atoms. The van der Waals surface area contributed by atoms with Crippen LogP contribution in [-0.4, -0.2) is 45.3 Å². The van der Waals surface area contributed by atoms with Crippen molar-refractivity contribution < 1.29 is 14.1 Å². The van der Waals surface area contributed by atoms with Crippen LogP contribution in [0.25, 0.3) is 0 Å². The lowest BCUT2D eigenvalue weighted by Gasteiger charge is -2.12. The minimum Gasteiger partial charge on any atom is -0.377 e. The third-order valence-electron chi connectivity index (χ3n) is 2.26. The fraction of sp³-hybridized carbons (Fsp3) is 0.400. The monoisotopic (exact) mass is 251 g/mol. The molecule has 0 aliphatic carbocycles. The van der Waals surface area contributed by atoms with E-state index >= 15 is 0 Å². The van der Waals surface area contributed by atoms with Crippen LogP contribution in [0.2, 0.25) is 0 Å². The SMILES string of the molecule is COCc1cc(C(=O)N(C)Cc2ncn[nH]2)no1. The molecule has 8 nitrogen and oxygen atoms in total. The average molecular weight is 251 g/mol. The highest BCUT2D eigenvalue weighted by atomic mass is 16.5. The lowest BCUT2D eigenvalue weighted by atomic mass is 10.3. The fourth-order valence-corrected chi connectivity index (χ4v) is 1.42. The quantitative estimate of drug-likeness (QED) is 0.815. The minimum absolute atomic E-state index is 0.240. The summed E-state index contributed by atoms with van der Waals surface area (Å²) >= 11 is 0. The van der Waals surface area contributed by atoms with Crippen molar-refractivity contribution >= 4 is 5.91 Å². The first kappa shape index (κ1) is 12.2. The Kier molecular flexibility index (Phi) is 3.68. The van der Waals surface area contributed by atoms with Gasteiger partial charge in [0.2, 0.25) is 0 Å². The van der Waals surface area contributed by atoms with Gasteiger partial charge in [0.25, 0.3) is 5.91 Å². The van der Waals surface area contributed by atoms with Crippen molar-refractivity contribution in [1.82, 2.24) is 25.2 Å². The van der Waals surface area contributed by atoms with Crippen LogP contribution in [-0.2, 0) is 17.9 Å². The van der Waals surface area contributed by atoms with Crippen LogP contribution in [0, 0.1) is 0 Å². The molecule has 0 saturated heterocycles. The van der Waals surface area contributed by atoms with Crippen molar-refractivity contribution in [2.24, 2.45) is 0 Å². The molecule has 1 N–H and O–H groups in total. The second-order valence-corrected chi connectivity index (χ2v) is 3.70. The molecule has 8 heteroatoms. The van der Waals surface area contributed by atoms with Gasteiger partial charge in [0.1, 0.15) is 18.8 Å². The number of methoxy groups -OCH3 is 1. The second-order valence-electron chi connectivity index (χ2n) is 3.70. The van der Waals surface area contributed by atoms with E-state index in [1.165, 1.54) is 11.2 Å². The Hall–Kier alpha value is -2.22. The largest absolute Gasteiger partial charge is 0.377 e. The highest BCUT2D eigenvalue weighted by molar-refractivity contribution is 5.91. The minimum atomic E-state index is -0.252. The van der Waals surface area contributed by atoms with E-state index in [1.54, 1.807) is 20.2 Å². The van der Waals surface area contributed by atoms with Crippen LogP contribution in [0.3, 0.4) is 0 Å². The highest BCUT2D eigenvalue weighted by Crippen LogP contribution is 2.08. The van der Waals surface area contributed by atoms with E-state index in [2.05, 4.69) is 20.3 Å². The maximum absolute atomic E-state index is 12.0. The summed E-state index contributed by atoms with van der Waals surface area (Å²) in [5, 5.41) is 10.1. The molecule has 96 valence electrons. The topological polar surface area (TPSA) is 97.1 Å². The molecular formula is C10H13N5O3. The molecular weight excluding hydrogens is 238 g/mol. The van der Waals surface area contributed by atoms with Crippen molar-refractivity contribution in [2.75, 3.05) is 14.2 Å². The van der Waals surface area contributed by atoms with E-state index in [0.29, 0.717) is 18.1 Å². The normalized spacial score (nSPS) is 10.6. The van der Waals surface area contributed by atoms with Gasteiger partial charge >= 0.3 is 0 Å². The predicted octanol–water partition coefficient (Wildman–Crippen LogP) is 0.211. The first-order valence-electron chi connectivity index (χ1n) is 5.25. The number of nitrogens with one attached hydrogen (secondary N) is 1. The number of rotatable bonds is 5. The molecule has 0 bridgehead atoms. The Morgan fingerprint density at radius 2 is 2.44 bits per heavy atom. The molecule has 0 aliphatic rings. The first-order valence-corrected chi connectivity index (χ1v) is 5.25. The molecule has 0 aromatic carbocycles. The fourth-order valence-electron chi connectivity index (χ4n) is 1.42. The van der Waals surface area contributed by atoms with E-state index in [4.69, 9.17) is 9.26 Å². The zero-order chi connectivity index (χ0) is 13.0. The summed E-state index contributed by atoms with van der Waals surface area (Å²) in [7, 11) is 3.19. The first-order chi connectivity index (χ1) is 8.70. The Morgan fingerprint density at radius 3 is 3.11 bits per heavy atom. The maximum atomic E-state index is 12.0. The number of aromatic amines is 1. The van der Waals surface area contributed by atoms with Crippen molar-refractivity contribution in [3.63, 3.8) is 0 Å². The molecule has 2 aromatic heterocycles. The molecule has 0 radical (unpaired) electrons. The summed E-state index contributed by atoms with van der Waals surface area (Å²) in [5.41, 5.74) is 0.240. The van der Waals surface area contributed by atoms with Crippen molar-refractivity contribution in [2.45, 2.75) is 13.2 Å². The lowest BCUT2D eigenvalue weighted by Crippen LogP contribution is -2.27. The zero-order valence-electron chi connectivity index (χ0n) is 10.1. The number of carbonyl (C=O) groups is 1. The number of aromatic nitrogens is 4. The molecule has 2 aromatic rings. The zero-order valence-corrected chi connectivity index (χ0v) is 10.1. The molecule has 1 amide bonds. The van der Waals surface area contributed by atoms with E-state index in [0.717, 1.165) is 0 Å². The van der Waals surface area contributed by atoms with E-state index in [9.17, 15) is 4.79 Å². The summed E-state index contributed by atoms with van der Waals surface area (Å²) < 4.78 is 9.84. The third-order valence-corrected chi connectivity index (χ3v) is 2.26. The highest BCUT2D eigenvalue weighted by Gasteiger charge is 2.17. The molecule has 0 atom stereocenters. The smallest absolute Gasteiger partial charge is 0.276 e. The number of nitrogens with zero attached hydrogens (tertiary/aromatic N) is 4. The Labute approximate surface area is 103 Å². The molecule has 0 saturated carbocycles. The number of hydrogen-bond donors (Lipinski definition) is 1. The number of hydrogen-bond acceptors (Lipinski definition) is 6. The summed E-state index contributed by atoms with van der Waals surface area (Å²) in [6.07, 6.45) is 1.39. The van der Waals surface area contributed by atoms with Crippen LogP contribution in [0.4, 0.5) is 0 Å². The summed E-state index contributed by atoms with van der Waals surface area (Å²) in [6.45, 7) is 0.609. The van der Waals surface area contributed by atoms with Gasteiger partial charge in [-0.3, -0.25) is 9.89 Å². The number of ether oxygens (including phenoxy) is 1. The van der Waals surface area contributed by atoms with Crippen LogP contribution in [0.1, 0.15) is 22.1 Å². The summed E-state index contributed by atoms with van der Waals surface area (Å²) in [4.78, 5) is 17.4. The number of H-pyrrole nitrogens is 1. The predicted molar refractivity (Wildman–Crippen MR) is 59.4 cm³/mol. The maximum Gasteiger partial charge on any atom is 0.276 e. The van der Waals surface area contributed by atoms with Crippen molar-refractivity contribution in [3.05, 3.63) is 29.7 Å². The van der Waals surface area contributed by atoms with Crippen LogP contribution < -0.4 is 0 Å². The van der Waals surface area contributed by atoms with Gasteiger partial charge in [-0.15, -0.1) is 0 Å². The molecule has 0 fully saturated rings.